The van der Waals surface area contributed by atoms with Gasteiger partial charge in [-0.2, -0.15) is 0 Å². The molecule has 1 unspecified atom stereocenters. The molecule has 6 aromatic rings. The van der Waals surface area contributed by atoms with Gasteiger partial charge in [0.25, 0.3) is 0 Å². The van der Waals surface area contributed by atoms with Crippen LogP contribution in [0.15, 0.2) is 185 Å². The number of para-hydroxylation sites is 2. The van der Waals surface area contributed by atoms with E-state index in [2.05, 4.69) is 143 Å². The number of nitrogens with zero attached hydrogens (tertiary/aromatic N) is 4. The van der Waals surface area contributed by atoms with Crippen molar-refractivity contribution >= 4 is 50.5 Å². The van der Waals surface area contributed by atoms with Crippen LogP contribution in [0.25, 0.3) is 44.5 Å². The van der Waals surface area contributed by atoms with Crippen LogP contribution < -0.4 is 11.1 Å². The van der Waals surface area contributed by atoms with E-state index in [0.29, 0.717) is 18.2 Å². The van der Waals surface area contributed by atoms with Crippen LogP contribution in [0.2, 0.25) is 0 Å². The molecule has 2 aliphatic rings. The predicted octanol–water partition coefficient (Wildman–Crippen LogP) is 10.4. The summed E-state index contributed by atoms with van der Waals surface area (Å²) in [6, 6.07) is 33.9. The Morgan fingerprint density at radius 3 is 2.43 bits per heavy atom. The highest BCUT2D eigenvalue weighted by Crippen LogP contribution is 2.39. The van der Waals surface area contributed by atoms with Crippen molar-refractivity contribution in [3.63, 3.8) is 0 Å². The van der Waals surface area contributed by atoms with E-state index in [1.165, 1.54) is 38.4 Å². The van der Waals surface area contributed by atoms with E-state index in [-0.39, 0.29) is 6.17 Å². The van der Waals surface area contributed by atoms with Gasteiger partial charge in [-0.3, -0.25) is 4.99 Å². The zero-order valence-corrected chi connectivity index (χ0v) is 30.0. The predicted molar refractivity (Wildman–Crippen MR) is 225 cm³/mol. The Kier molecular flexibility index (Phi) is 9.41. The van der Waals surface area contributed by atoms with E-state index in [4.69, 9.17) is 15.7 Å². The van der Waals surface area contributed by atoms with E-state index in [1.807, 2.05) is 55.5 Å². The van der Waals surface area contributed by atoms with Crippen LogP contribution in [0.3, 0.4) is 0 Å². The van der Waals surface area contributed by atoms with Gasteiger partial charge in [-0.1, -0.05) is 127 Å². The van der Waals surface area contributed by atoms with E-state index < -0.39 is 0 Å². The quantitative estimate of drug-likeness (QED) is 0.0948. The molecule has 0 radical (unpaired) electrons. The van der Waals surface area contributed by atoms with Crippen molar-refractivity contribution in [1.29, 1.82) is 0 Å². The first-order valence-electron chi connectivity index (χ1n) is 18.1. The molecule has 0 saturated carbocycles. The molecule has 6 heteroatoms. The van der Waals surface area contributed by atoms with Gasteiger partial charge in [0.1, 0.15) is 12.0 Å². The largest absolute Gasteiger partial charge is 0.383 e. The first-order valence-corrected chi connectivity index (χ1v) is 18.1. The Hall–Kier alpha value is -6.66. The molecule has 0 saturated heterocycles. The van der Waals surface area contributed by atoms with E-state index >= 15 is 0 Å². The number of aliphatic imine (C=N–C) groups is 2. The molecular weight excluding hydrogens is 649 g/mol. The topological polar surface area (TPSA) is 72.6 Å². The summed E-state index contributed by atoms with van der Waals surface area (Å²) in [5.74, 6) is 1.07. The van der Waals surface area contributed by atoms with Crippen LogP contribution in [0.4, 0.5) is 0 Å². The molecule has 0 spiro atoms. The maximum Gasteiger partial charge on any atom is 0.153 e. The normalized spacial score (nSPS) is 16.6. The van der Waals surface area contributed by atoms with Gasteiger partial charge in [0.2, 0.25) is 0 Å². The number of hydrogen-bond acceptors (Lipinski definition) is 2. The Morgan fingerprint density at radius 2 is 1.60 bits per heavy atom. The number of dihydropyridines is 1. The number of nitrogens with one attached hydrogen (secondary N) is 1. The van der Waals surface area contributed by atoms with Gasteiger partial charge in [0.15, 0.2) is 5.84 Å². The molecule has 6 nitrogen and oxygen atoms in total. The van der Waals surface area contributed by atoms with Crippen molar-refractivity contribution in [2.75, 3.05) is 6.54 Å². The molecule has 260 valence electrons. The molecule has 4 aromatic carbocycles. The summed E-state index contributed by atoms with van der Waals surface area (Å²) in [7, 11) is 0. The number of allylic oxidation sites excluding steroid dienone is 10. The minimum absolute atomic E-state index is 0.132. The third kappa shape index (κ3) is 6.63. The molecule has 1 aliphatic carbocycles. The van der Waals surface area contributed by atoms with Gasteiger partial charge in [0.05, 0.1) is 23.1 Å². The summed E-state index contributed by atoms with van der Waals surface area (Å²) in [6.45, 7) is 4.68. The third-order valence-electron chi connectivity index (χ3n) is 9.85. The van der Waals surface area contributed by atoms with Crippen LogP contribution >= 0.6 is 0 Å². The average Bonchev–Trinajstić information content (AvgIpc) is 3.48. The standard InChI is InChI=1S/C47H42N6/c1-3-4-9-26-38-33(2)52(43-31-44-41(30-40(38)43)39-27-16-17-28-42(39)53(44)37-24-14-8-15-25-37)45-29-18-23-36(50-45)32-49-47(35-21-10-5-6-11-22-35)51-46(48)34-19-12-7-13-20-34/h3-21,23-31,45,50H,22,32H2,1-2H3,(H2,48,49,51)/b4-3-,26-9-. The summed E-state index contributed by atoms with van der Waals surface area (Å²) in [4.78, 5) is 9.94. The number of aromatic nitrogens is 2. The maximum atomic E-state index is 6.53. The van der Waals surface area contributed by atoms with Gasteiger partial charge in [0, 0.05) is 49.9 Å². The fraction of sp³-hybridized carbons (Fsp3) is 0.106. The molecule has 53 heavy (non-hydrogen) atoms. The van der Waals surface area contributed by atoms with Crippen molar-refractivity contribution in [2.24, 2.45) is 15.7 Å². The van der Waals surface area contributed by atoms with Gasteiger partial charge >= 0.3 is 0 Å². The second-order valence-electron chi connectivity index (χ2n) is 13.2. The summed E-state index contributed by atoms with van der Waals surface area (Å²) >= 11 is 0. The zero-order valence-electron chi connectivity index (χ0n) is 30.0. The lowest BCUT2D eigenvalue weighted by Crippen LogP contribution is -2.28. The van der Waals surface area contributed by atoms with Crippen molar-refractivity contribution in [1.82, 2.24) is 14.5 Å². The van der Waals surface area contributed by atoms with Crippen LogP contribution in [-0.4, -0.2) is 27.4 Å². The average molecular weight is 691 g/mol. The second kappa shape index (κ2) is 14.9. The molecule has 3 heterocycles. The van der Waals surface area contributed by atoms with Gasteiger partial charge < -0.3 is 20.2 Å². The Balaban J connectivity index is 1.21. The van der Waals surface area contributed by atoms with Crippen molar-refractivity contribution < 1.29 is 0 Å². The molecule has 2 aromatic heterocycles. The highest BCUT2D eigenvalue weighted by molar-refractivity contribution is 6.14. The maximum absolute atomic E-state index is 6.53. The lowest BCUT2D eigenvalue weighted by molar-refractivity contribution is 0.527. The molecule has 0 amide bonds. The number of fused-ring (bicyclic) bond motifs is 4. The fourth-order valence-corrected chi connectivity index (χ4v) is 7.32. The second-order valence-corrected chi connectivity index (χ2v) is 13.2. The van der Waals surface area contributed by atoms with Crippen LogP contribution in [-0.2, 0) is 0 Å². The van der Waals surface area contributed by atoms with Crippen LogP contribution in [0, 0.1) is 6.92 Å². The lowest BCUT2D eigenvalue weighted by atomic mass is 10.1. The van der Waals surface area contributed by atoms with Crippen LogP contribution in [0.5, 0.6) is 0 Å². The lowest BCUT2D eigenvalue weighted by Gasteiger charge is -2.25. The number of hydrogen-bond donors (Lipinski definition) is 2. The number of rotatable bonds is 8. The van der Waals surface area contributed by atoms with Crippen molar-refractivity contribution in [3.8, 4) is 5.69 Å². The Labute approximate surface area is 310 Å². The molecule has 1 aliphatic heterocycles. The SMILES string of the molecule is C/C=C\C=C/c1c(C)n(C2C=CC=C(CN=C(N=C(N)c3ccccc3)C3=CC=CC=CC3)N2)c2cc3c(cc12)c1ccccc1n3-c1ccccc1. The molecule has 0 fully saturated rings. The Bertz CT molecular complexity index is 2600. The number of nitrogens with two attached hydrogens (primary N) is 1. The molecular formula is C47H42N6. The minimum Gasteiger partial charge on any atom is -0.383 e. The highest BCUT2D eigenvalue weighted by Gasteiger charge is 2.23. The van der Waals surface area contributed by atoms with Gasteiger partial charge in [-0.25, -0.2) is 4.99 Å². The van der Waals surface area contributed by atoms with E-state index in [9.17, 15) is 0 Å². The molecule has 0 bridgehead atoms. The first-order chi connectivity index (χ1) is 26.1. The Morgan fingerprint density at radius 1 is 0.811 bits per heavy atom. The van der Waals surface area contributed by atoms with Gasteiger partial charge in [-0.15, -0.1) is 0 Å². The highest BCUT2D eigenvalue weighted by atomic mass is 15.2. The van der Waals surface area contributed by atoms with E-state index in [1.54, 1.807) is 0 Å². The summed E-state index contributed by atoms with van der Waals surface area (Å²) in [6.07, 6.45) is 25.8. The molecule has 1 atom stereocenters. The third-order valence-corrected chi connectivity index (χ3v) is 9.85. The van der Waals surface area contributed by atoms with Crippen LogP contribution in [0.1, 0.15) is 36.3 Å². The summed E-state index contributed by atoms with van der Waals surface area (Å²) in [5.41, 5.74) is 16.4. The zero-order chi connectivity index (χ0) is 36.1. The van der Waals surface area contributed by atoms with E-state index in [0.717, 1.165) is 34.5 Å². The van der Waals surface area contributed by atoms with Crippen molar-refractivity contribution in [2.45, 2.75) is 26.4 Å². The number of benzene rings is 4. The van der Waals surface area contributed by atoms with Crippen molar-refractivity contribution in [3.05, 3.63) is 192 Å². The summed E-state index contributed by atoms with van der Waals surface area (Å²) < 4.78 is 4.80. The first kappa shape index (κ1) is 33.5. The minimum atomic E-state index is -0.132. The monoisotopic (exact) mass is 690 g/mol. The fourth-order valence-electron chi connectivity index (χ4n) is 7.32. The number of amidine groups is 2. The summed E-state index contributed by atoms with van der Waals surface area (Å²) in [5, 5.41) is 7.50. The van der Waals surface area contributed by atoms with Gasteiger partial charge in [-0.05, 0) is 62.8 Å². The smallest absolute Gasteiger partial charge is 0.153 e. The molecule has 3 N–H and O–H groups in total. The molecule has 8 rings (SSSR count).